The Labute approximate surface area is 86.5 Å². The van der Waals surface area contributed by atoms with Gasteiger partial charge in [0.15, 0.2) is 0 Å². The van der Waals surface area contributed by atoms with E-state index in [2.05, 4.69) is 41.5 Å². The van der Waals surface area contributed by atoms with Crippen LogP contribution in [-0.2, 0) is 6.54 Å². The molecule has 0 atom stereocenters. The first-order valence-corrected chi connectivity index (χ1v) is 4.99. The van der Waals surface area contributed by atoms with Crippen molar-refractivity contribution in [3.8, 4) is 0 Å². The minimum absolute atomic E-state index is 0.134. The monoisotopic (exact) mass is 279 g/mol. The average molecular weight is 279 g/mol. The van der Waals surface area contributed by atoms with Crippen LogP contribution in [0.1, 0.15) is 13.8 Å². The molecule has 0 aliphatic heterocycles. The number of rotatable bonds is 3. The van der Waals surface area contributed by atoms with Gasteiger partial charge in [-0.1, -0.05) is 13.8 Å². The first kappa shape index (κ1) is 9.98. The molecule has 1 heterocycles. The van der Waals surface area contributed by atoms with Crippen LogP contribution in [0.4, 0.5) is 0 Å². The highest BCUT2D eigenvalue weighted by Crippen LogP contribution is 2.15. The van der Waals surface area contributed by atoms with E-state index in [0.717, 1.165) is 6.54 Å². The van der Waals surface area contributed by atoms with Gasteiger partial charge in [0, 0.05) is 12.7 Å². The van der Waals surface area contributed by atoms with Gasteiger partial charge in [-0.3, -0.25) is 4.68 Å². The molecule has 0 saturated carbocycles. The van der Waals surface area contributed by atoms with Crippen LogP contribution in [0.2, 0.25) is 0 Å². The molecule has 1 aromatic heterocycles. The van der Waals surface area contributed by atoms with Crippen molar-refractivity contribution in [2.45, 2.75) is 20.4 Å². The van der Waals surface area contributed by atoms with Crippen molar-refractivity contribution in [3.05, 3.63) is 16.0 Å². The van der Waals surface area contributed by atoms with Gasteiger partial charge in [0.1, 0.15) is 0 Å². The maximum atomic E-state index is 5.62. The van der Waals surface area contributed by atoms with Crippen LogP contribution in [0.15, 0.2) is 12.4 Å². The van der Waals surface area contributed by atoms with Crippen molar-refractivity contribution in [2.75, 3.05) is 6.54 Å². The number of nitrogens with two attached hydrogens (primary N) is 1. The summed E-state index contributed by atoms with van der Waals surface area (Å²) >= 11 is 2.25. The second-order valence-electron chi connectivity index (χ2n) is 3.72. The first-order chi connectivity index (χ1) is 5.53. The fourth-order valence-corrected chi connectivity index (χ4v) is 1.37. The van der Waals surface area contributed by atoms with Crippen LogP contribution in [0.3, 0.4) is 0 Å². The van der Waals surface area contributed by atoms with E-state index in [1.165, 1.54) is 3.57 Å². The van der Waals surface area contributed by atoms with E-state index in [-0.39, 0.29) is 5.41 Å². The summed E-state index contributed by atoms with van der Waals surface area (Å²) in [5.74, 6) is 0. The summed E-state index contributed by atoms with van der Waals surface area (Å²) in [6.45, 7) is 5.85. The van der Waals surface area contributed by atoms with E-state index in [0.29, 0.717) is 6.54 Å². The maximum Gasteiger partial charge on any atom is 0.0623 e. The minimum Gasteiger partial charge on any atom is -0.330 e. The summed E-state index contributed by atoms with van der Waals surface area (Å²) in [6, 6.07) is 0. The second kappa shape index (κ2) is 3.74. The molecule has 1 rings (SSSR count). The van der Waals surface area contributed by atoms with Gasteiger partial charge in [-0.2, -0.15) is 5.10 Å². The van der Waals surface area contributed by atoms with Crippen molar-refractivity contribution < 1.29 is 0 Å². The molecule has 0 aromatic carbocycles. The number of aromatic nitrogens is 2. The number of hydrogen-bond acceptors (Lipinski definition) is 2. The molecular weight excluding hydrogens is 265 g/mol. The van der Waals surface area contributed by atoms with Gasteiger partial charge < -0.3 is 5.73 Å². The molecule has 3 nitrogen and oxygen atoms in total. The van der Waals surface area contributed by atoms with E-state index < -0.39 is 0 Å². The van der Waals surface area contributed by atoms with Gasteiger partial charge in [-0.25, -0.2) is 0 Å². The average Bonchev–Trinajstić information content (AvgIpc) is 2.35. The quantitative estimate of drug-likeness (QED) is 0.852. The molecule has 0 aliphatic rings. The Hall–Kier alpha value is -0.100. The molecule has 0 bridgehead atoms. The lowest BCUT2D eigenvalue weighted by molar-refractivity contribution is 0.301. The van der Waals surface area contributed by atoms with Crippen LogP contribution in [0.25, 0.3) is 0 Å². The third-order valence-electron chi connectivity index (χ3n) is 1.74. The van der Waals surface area contributed by atoms with Crippen molar-refractivity contribution in [3.63, 3.8) is 0 Å². The minimum atomic E-state index is 0.134. The molecule has 0 amide bonds. The van der Waals surface area contributed by atoms with E-state index in [4.69, 9.17) is 5.73 Å². The Morgan fingerprint density at radius 3 is 2.75 bits per heavy atom. The van der Waals surface area contributed by atoms with Gasteiger partial charge in [-0.05, 0) is 34.6 Å². The molecule has 0 saturated heterocycles. The van der Waals surface area contributed by atoms with E-state index in [9.17, 15) is 0 Å². The van der Waals surface area contributed by atoms with Crippen LogP contribution in [0, 0.1) is 8.99 Å². The molecule has 0 radical (unpaired) electrons. The summed E-state index contributed by atoms with van der Waals surface area (Å²) in [5, 5.41) is 4.20. The second-order valence-corrected chi connectivity index (χ2v) is 4.97. The summed E-state index contributed by atoms with van der Waals surface area (Å²) in [4.78, 5) is 0. The topological polar surface area (TPSA) is 43.8 Å². The van der Waals surface area contributed by atoms with Gasteiger partial charge in [0.05, 0.1) is 9.77 Å². The lowest BCUT2D eigenvalue weighted by atomic mass is 9.94. The van der Waals surface area contributed by atoms with Crippen molar-refractivity contribution >= 4 is 22.6 Å². The molecular formula is C8H14IN3. The van der Waals surface area contributed by atoms with Gasteiger partial charge in [-0.15, -0.1) is 0 Å². The third kappa shape index (κ3) is 2.75. The first-order valence-electron chi connectivity index (χ1n) is 3.91. The lowest BCUT2D eigenvalue weighted by Gasteiger charge is -2.21. The molecule has 68 valence electrons. The van der Waals surface area contributed by atoms with Crippen molar-refractivity contribution in [1.29, 1.82) is 0 Å². The fourth-order valence-electron chi connectivity index (χ4n) is 0.928. The molecule has 0 spiro atoms. The molecule has 4 heteroatoms. The largest absolute Gasteiger partial charge is 0.330 e. The summed E-state index contributed by atoms with van der Waals surface area (Å²) in [5.41, 5.74) is 5.75. The van der Waals surface area contributed by atoms with Crippen LogP contribution < -0.4 is 5.73 Å². The van der Waals surface area contributed by atoms with Gasteiger partial charge in [0.25, 0.3) is 0 Å². The normalized spacial score (nSPS) is 12.0. The maximum absolute atomic E-state index is 5.62. The predicted octanol–water partition coefficient (Wildman–Crippen LogP) is 1.47. The standard InChI is InChI=1S/C8H14IN3/c1-8(2,5-10)6-12-4-7(9)3-11-12/h3-4H,5-6,10H2,1-2H3. The van der Waals surface area contributed by atoms with Crippen LogP contribution >= 0.6 is 22.6 Å². The Bertz CT molecular complexity index is 255. The smallest absolute Gasteiger partial charge is 0.0623 e. The molecule has 0 aliphatic carbocycles. The van der Waals surface area contributed by atoms with Crippen LogP contribution in [0.5, 0.6) is 0 Å². The zero-order chi connectivity index (χ0) is 9.19. The van der Waals surface area contributed by atoms with Crippen LogP contribution in [-0.4, -0.2) is 16.3 Å². The number of halogens is 1. The summed E-state index contributed by atoms with van der Waals surface area (Å²) in [7, 11) is 0. The highest BCUT2D eigenvalue weighted by Gasteiger charge is 2.16. The molecule has 12 heavy (non-hydrogen) atoms. The molecule has 1 aromatic rings. The van der Waals surface area contributed by atoms with Gasteiger partial charge >= 0.3 is 0 Å². The predicted molar refractivity (Wildman–Crippen MR) is 57.8 cm³/mol. The number of hydrogen-bond donors (Lipinski definition) is 1. The van der Waals surface area contributed by atoms with Crippen molar-refractivity contribution in [2.24, 2.45) is 11.1 Å². The van der Waals surface area contributed by atoms with E-state index in [1.54, 1.807) is 0 Å². The number of nitrogens with zero attached hydrogens (tertiary/aromatic N) is 2. The fraction of sp³-hybridized carbons (Fsp3) is 0.625. The molecule has 0 unspecified atom stereocenters. The SMILES string of the molecule is CC(C)(CN)Cn1cc(I)cn1. The lowest BCUT2D eigenvalue weighted by Crippen LogP contribution is -2.28. The summed E-state index contributed by atoms with van der Waals surface area (Å²) < 4.78 is 3.11. The van der Waals surface area contributed by atoms with E-state index >= 15 is 0 Å². The summed E-state index contributed by atoms with van der Waals surface area (Å²) in [6.07, 6.45) is 3.88. The highest BCUT2D eigenvalue weighted by atomic mass is 127. The highest BCUT2D eigenvalue weighted by molar-refractivity contribution is 14.1. The van der Waals surface area contributed by atoms with Gasteiger partial charge in [0.2, 0.25) is 0 Å². The molecule has 2 N–H and O–H groups in total. The Morgan fingerprint density at radius 2 is 2.33 bits per heavy atom. The zero-order valence-electron chi connectivity index (χ0n) is 7.42. The Balaban J connectivity index is 2.63. The Kier molecular flexibility index (Phi) is 3.11. The van der Waals surface area contributed by atoms with Crippen molar-refractivity contribution in [1.82, 2.24) is 9.78 Å². The molecule has 0 fully saturated rings. The van der Waals surface area contributed by atoms with E-state index in [1.807, 2.05) is 17.1 Å². The zero-order valence-corrected chi connectivity index (χ0v) is 9.58. The third-order valence-corrected chi connectivity index (χ3v) is 2.30. The Morgan fingerprint density at radius 1 is 1.67 bits per heavy atom.